The van der Waals surface area contributed by atoms with Crippen LogP contribution in [0.25, 0.3) is 0 Å². The average Bonchev–Trinajstić information content (AvgIpc) is 2.88. The summed E-state index contributed by atoms with van der Waals surface area (Å²) in [7, 11) is 0. The van der Waals surface area contributed by atoms with Gasteiger partial charge in [0.25, 0.3) is 0 Å². The number of carbonyl (C=O) groups excluding carboxylic acids is 1. The Morgan fingerprint density at radius 2 is 1.47 bits per heavy atom. The number of hydrogen-bond acceptors (Lipinski definition) is 3. The van der Waals surface area contributed by atoms with E-state index in [0.29, 0.717) is 5.92 Å². The molecule has 0 amide bonds. The molecule has 2 aliphatic heterocycles. The van der Waals surface area contributed by atoms with Crippen LogP contribution in [0, 0.1) is 5.92 Å². The van der Waals surface area contributed by atoms with Crippen molar-refractivity contribution >= 4 is 11.5 Å². The highest BCUT2D eigenvalue weighted by atomic mass is 16.1. The number of piperidine rings is 1. The first kappa shape index (κ1) is 21.0. The molecule has 3 heteroatoms. The van der Waals surface area contributed by atoms with Crippen molar-refractivity contribution in [1.82, 2.24) is 4.90 Å². The molecule has 2 aliphatic rings. The van der Waals surface area contributed by atoms with Crippen LogP contribution in [0.5, 0.6) is 0 Å². The van der Waals surface area contributed by atoms with Gasteiger partial charge in [-0.15, -0.1) is 0 Å². The van der Waals surface area contributed by atoms with Crippen LogP contribution in [-0.4, -0.2) is 36.4 Å². The number of benzene rings is 3. The maximum atomic E-state index is 14.1. The smallest absolute Gasteiger partial charge is 0.180 e. The molecule has 1 fully saturated rings. The zero-order valence-corrected chi connectivity index (χ0v) is 18.6. The highest BCUT2D eigenvalue weighted by Gasteiger charge is 2.40. The Balaban J connectivity index is 1.57. The number of para-hydroxylation sites is 1. The first-order valence-electron chi connectivity index (χ1n) is 12.0. The predicted octanol–water partition coefficient (Wildman–Crippen LogP) is 5.79. The number of nitrogens with one attached hydrogen (secondary N) is 1. The molecule has 2 heterocycles. The van der Waals surface area contributed by atoms with Crippen LogP contribution in [0.4, 0.5) is 5.69 Å². The monoisotopic (exact) mass is 424 g/mol. The Bertz CT molecular complexity index is 1030. The summed E-state index contributed by atoms with van der Waals surface area (Å²) in [5.74, 6) is 0.759. The Labute approximate surface area is 191 Å². The second-order valence-electron chi connectivity index (χ2n) is 9.21. The lowest BCUT2D eigenvalue weighted by Gasteiger charge is -2.43. The van der Waals surface area contributed by atoms with E-state index >= 15 is 0 Å². The van der Waals surface area contributed by atoms with Crippen LogP contribution in [-0.2, 0) is 6.42 Å². The lowest BCUT2D eigenvalue weighted by molar-refractivity contribution is 0.0687. The van der Waals surface area contributed by atoms with Crippen molar-refractivity contribution in [2.75, 3.05) is 25.0 Å². The third kappa shape index (κ3) is 4.35. The summed E-state index contributed by atoms with van der Waals surface area (Å²) >= 11 is 0. The van der Waals surface area contributed by atoms with Crippen LogP contribution >= 0.6 is 0 Å². The Morgan fingerprint density at radius 3 is 2.22 bits per heavy atom. The number of likely N-dealkylation sites (tertiary alicyclic amines) is 1. The summed E-state index contributed by atoms with van der Waals surface area (Å²) in [6.45, 7) is 2.90. The highest BCUT2D eigenvalue weighted by molar-refractivity contribution is 6.00. The van der Waals surface area contributed by atoms with E-state index in [-0.39, 0.29) is 17.7 Å². The topological polar surface area (TPSA) is 32.3 Å². The maximum Gasteiger partial charge on any atom is 0.180 e. The zero-order chi connectivity index (χ0) is 21.8. The molecule has 0 radical (unpaired) electrons. The molecule has 0 aromatic heterocycles. The van der Waals surface area contributed by atoms with Crippen molar-refractivity contribution in [2.45, 2.75) is 37.6 Å². The van der Waals surface area contributed by atoms with E-state index in [4.69, 9.17) is 0 Å². The van der Waals surface area contributed by atoms with Gasteiger partial charge in [0, 0.05) is 23.7 Å². The molecule has 3 aromatic rings. The quantitative estimate of drug-likeness (QED) is 0.508. The number of fused-ring (bicyclic) bond motifs is 1. The molecule has 0 saturated carbocycles. The van der Waals surface area contributed by atoms with Crippen LogP contribution < -0.4 is 5.32 Å². The molecule has 0 spiro atoms. The van der Waals surface area contributed by atoms with E-state index in [0.717, 1.165) is 31.6 Å². The van der Waals surface area contributed by atoms with Gasteiger partial charge in [-0.2, -0.15) is 0 Å². The fourth-order valence-electron chi connectivity index (χ4n) is 5.63. The molecule has 5 rings (SSSR count). The van der Waals surface area contributed by atoms with E-state index in [1.165, 1.54) is 36.1 Å². The van der Waals surface area contributed by atoms with Crippen molar-refractivity contribution in [3.63, 3.8) is 0 Å². The van der Waals surface area contributed by atoms with E-state index in [1.54, 1.807) is 0 Å². The van der Waals surface area contributed by atoms with Crippen molar-refractivity contribution in [1.29, 1.82) is 0 Å². The minimum atomic E-state index is -0.142. The summed E-state index contributed by atoms with van der Waals surface area (Å²) in [4.78, 5) is 16.6. The zero-order valence-electron chi connectivity index (χ0n) is 18.6. The van der Waals surface area contributed by atoms with Gasteiger partial charge in [-0.25, -0.2) is 0 Å². The molecule has 164 valence electrons. The number of ketones is 1. The summed E-state index contributed by atoms with van der Waals surface area (Å²) in [6, 6.07) is 29.1. The van der Waals surface area contributed by atoms with Crippen molar-refractivity contribution in [3.05, 3.63) is 102 Å². The maximum absolute atomic E-state index is 14.1. The molecule has 32 heavy (non-hydrogen) atoms. The number of hydrogen-bond donors (Lipinski definition) is 1. The third-order valence-electron chi connectivity index (χ3n) is 7.20. The van der Waals surface area contributed by atoms with Crippen LogP contribution in [0.15, 0.2) is 84.9 Å². The molecule has 0 aliphatic carbocycles. The minimum absolute atomic E-state index is 0.142. The Morgan fingerprint density at radius 1 is 0.812 bits per heavy atom. The molecule has 3 nitrogen and oxygen atoms in total. The lowest BCUT2D eigenvalue weighted by atomic mass is 9.73. The van der Waals surface area contributed by atoms with Crippen LogP contribution in [0.1, 0.15) is 46.7 Å². The average molecular weight is 425 g/mol. The van der Waals surface area contributed by atoms with Gasteiger partial charge in [0.15, 0.2) is 5.78 Å². The normalized spacial score (nSPS) is 20.6. The molecule has 0 bridgehead atoms. The molecular formula is C29H32N2O. The van der Waals surface area contributed by atoms with Gasteiger partial charge in [-0.05, 0) is 55.5 Å². The largest absolute Gasteiger partial charge is 0.385 e. The van der Waals surface area contributed by atoms with Gasteiger partial charge in [-0.1, -0.05) is 85.3 Å². The van der Waals surface area contributed by atoms with E-state index in [1.807, 2.05) is 30.3 Å². The molecule has 3 aromatic carbocycles. The van der Waals surface area contributed by atoms with Crippen LogP contribution in [0.3, 0.4) is 0 Å². The molecule has 3 atom stereocenters. The fourth-order valence-corrected chi connectivity index (χ4v) is 5.63. The van der Waals surface area contributed by atoms with Gasteiger partial charge in [-0.3, -0.25) is 9.69 Å². The van der Waals surface area contributed by atoms with Gasteiger partial charge >= 0.3 is 0 Å². The standard InChI is InChI=1S/C29H32N2O/c32-29(23-14-6-2-7-15-23)28(31-18-10-3-11-19-31)27(22-12-4-1-5-13-22)25-20-24-16-8-9-17-26(24)30-21-25/h1-2,4-9,12-17,25,27-28,30H,3,10-11,18-21H2/t25-,27-,28-/m0/s1. The van der Waals surface area contributed by atoms with Crippen molar-refractivity contribution in [2.24, 2.45) is 5.92 Å². The molecule has 0 unspecified atom stereocenters. The van der Waals surface area contributed by atoms with Crippen molar-refractivity contribution in [3.8, 4) is 0 Å². The van der Waals surface area contributed by atoms with Gasteiger partial charge in [0.1, 0.15) is 0 Å². The molecular weight excluding hydrogens is 392 g/mol. The SMILES string of the molecule is O=C(c1ccccc1)[C@H]([C@@H](c1ccccc1)[C@@H]1CNc2ccccc2C1)N1CCCCC1. The summed E-state index contributed by atoms with van der Waals surface area (Å²) < 4.78 is 0. The van der Waals surface area contributed by atoms with Crippen molar-refractivity contribution < 1.29 is 4.79 Å². The summed E-state index contributed by atoms with van der Waals surface area (Å²) in [6.07, 6.45) is 4.60. The highest BCUT2D eigenvalue weighted by Crippen LogP contribution is 2.39. The minimum Gasteiger partial charge on any atom is -0.385 e. The number of carbonyl (C=O) groups is 1. The predicted molar refractivity (Wildman–Crippen MR) is 131 cm³/mol. The molecule has 1 N–H and O–H groups in total. The van der Waals surface area contributed by atoms with E-state index in [9.17, 15) is 4.79 Å². The molecule has 1 saturated heterocycles. The van der Waals surface area contributed by atoms with Gasteiger partial charge < -0.3 is 5.32 Å². The number of nitrogens with zero attached hydrogens (tertiary/aromatic N) is 1. The summed E-state index contributed by atoms with van der Waals surface area (Å²) in [5, 5.41) is 3.67. The number of anilines is 1. The number of rotatable bonds is 6. The second-order valence-corrected chi connectivity index (χ2v) is 9.21. The lowest BCUT2D eigenvalue weighted by Crippen LogP contribution is -2.50. The summed E-state index contributed by atoms with van der Waals surface area (Å²) in [5.41, 5.74) is 4.69. The van der Waals surface area contributed by atoms with Gasteiger partial charge in [0.05, 0.1) is 6.04 Å². The third-order valence-corrected chi connectivity index (χ3v) is 7.20. The van der Waals surface area contributed by atoms with Crippen LogP contribution in [0.2, 0.25) is 0 Å². The Hall–Kier alpha value is -2.91. The van der Waals surface area contributed by atoms with E-state index < -0.39 is 0 Å². The first-order chi connectivity index (χ1) is 15.8. The fraction of sp³-hybridized carbons (Fsp3) is 0.345. The van der Waals surface area contributed by atoms with Gasteiger partial charge in [0.2, 0.25) is 0 Å². The second kappa shape index (κ2) is 9.70. The first-order valence-corrected chi connectivity index (χ1v) is 12.0. The number of Topliss-reactive ketones (excluding diaryl/α,β-unsaturated/α-hetero) is 1. The Kier molecular flexibility index (Phi) is 6.36. The van der Waals surface area contributed by atoms with E-state index in [2.05, 4.69) is 64.8 Å².